The summed E-state index contributed by atoms with van der Waals surface area (Å²) in [6.07, 6.45) is 3.63. The van der Waals surface area contributed by atoms with Crippen LogP contribution in [0.4, 0.5) is 10.6 Å². The number of nitrogens with zero attached hydrogens (tertiary/aromatic N) is 4. The molecular formula is C20H24BrN5O. The van der Waals surface area contributed by atoms with Crippen molar-refractivity contribution in [2.75, 3.05) is 25.0 Å². The minimum Gasteiger partial charge on any atom is -0.353 e. The molecular weight excluding hydrogens is 406 g/mol. The molecule has 0 bridgehead atoms. The molecule has 2 aromatic rings. The SMILES string of the molecule is Cc1cc([C@H]2C[C@@H]2NC(=O)N(C)[C@H]2CCN(c3cccnn3)C2)ccc1Br. The molecule has 1 aromatic heterocycles. The lowest BCUT2D eigenvalue weighted by Gasteiger charge is -2.25. The number of urea groups is 1. The number of aryl methyl sites for hydroxylation is 1. The number of carbonyl (C=O) groups is 1. The molecule has 2 aliphatic rings. The Morgan fingerprint density at radius 2 is 2.22 bits per heavy atom. The van der Waals surface area contributed by atoms with Gasteiger partial charge in [-0.3, -0.25) is 0 Å². The topological polar surface area (TPSA) is 61.4 Å². The van der Waals surface area contributed by atoms with Crippen LogP contribution in [0.1, 0.15) is 29.9 Å². The number of amides is 2. The Kier molecular flexibility index (Phi) is 5.04. The Balaban J connectivity index is 1.31. The van der Waals surface area contributed by atoms with E-state index in [9.17, 15) is 4.79 Å². The van der Waals surface area contributed by atoms with Gasteiger partial charge in [0.25, 0.3) is 0 Å². The van der Waals surface area contributed by atoms with Gasteiger partial charge in [0.1, 0.15) is 0 Å². The second-order valence-corrected chi connectivity index (χ2v) is 8.34. The third kappa shape index (κ3) is 3.93. The Bertz CT molecular complexity index is 830. The number of likely N-dealkylation sites (N-methyl/N-ethyl adjacent to an activating group) is 1. The zero-order chi connectivity index (χ0) is 19.0. The first kappa shape index (κ1) is 18.2. The first-order valence-electron chi connectivity index (χ1n) is 9.35. The number of rotatable bonds is 4. The van der Waals surface area contributed by atoms with Gasteiger partial charge in [-0.25, -0.2) is 4.79 Å². The fraction of sp³-hybridized carbons (Fsp3) is 0.450. The van der Waals surface area contributed by atoms with E-state index < -0.39 is 0 Å². The largest absolute Gasteiger partial charge is 0.353 e. The van der Waals surface area contributed by atoms with Crippen molar-refractivity contribution in [1.29, 1.82) is 0 Å². The molecule has 7 heteroatoms. The predicted octanol–water partition coefficient (Wildman–Crippen LogP) is 3.32. The molecule has 3 atom stereocenters. The molecule has 1 N–H and O–H groups in total. The van der Waals surface area contributed by atoms with Crippen LogP contribution in [0.3, 0.4) is 0 Å². The summed E-state index contributed by atoms with van der Waals surface area (Å²) in [4.78, 5) is 16.7. The number of hydrogen-bond acceptors (Lipinski definition) is 4. The first-order valence-corrected chi connectivity index (χ1v) is 10.1. The minimum absolute atomic E-state index is 0.0160. The van der Waals surface area contributed by atoms with E-state index in [1.807, 2.05) is 24.1 Å². The van der Waals surface area contributed by atoms with Gasteiger partial charge in [0.05, 0.1) is 6.04 Å². The molecule has 0 spiro atoms. The van der Waals surface area contributed by atoms with Gasteiger partial charge >= 0.3 is 6.03 Å². The maximum absolute atomic E-state index is 12.7. The Morgan fingerprint density at radius 3 is 2.96 bits per heavy atom. The van der Waals surface area contributed by atoms with E-state index in [1.54, 1.807) is 6.20 Å². The van der Waals surface area contributed by atoms with E-state index in [-0.39, 0.29) is 18.1 Å². The fourth-order valence-electron chi connectivity index (χ4n) is 3.78. The Morgan fingerprint density at radius 1 is 1.37 bits per heavy atom. The van der Waals surface area contributed by atoms with E-state index >= 15 is 0 Å². The van der Waals surface area contributed by atoms with Gasteiger partial charge in [-0.15, -0.1) is 5.10 Å². The molecule has 1 aromatic carbocycles. The van der Waals surface area contributed by atoms with Crippen molar-refractivity contribution in [2.24, 2.45) is 0 Å². The quantitative estimate of drug-likeness (QED) is 0.809. The van der Waals surface area contributed by atoms with Crippen molar-refractivity contribution in [3.05, 3.63) is 52.1 Å². The summed E-state index contributed by atoms with van der Waals surface area (Å²) in [6.45, 7) is 3.79. The molecule has 2 amide bonds. The molecule has 1 saturated carbocycles. The molecule has 6 nitrogen and oxygen atoms in total. The van der Waals surface area contributed by atoms with E-state index in [0.29, 0.717) is 5.92 Å². The molecule has 2 fully saturated rings. The first-order chi connectivity index (χ1) is 13.0. The van der Waals surface area contributed by atoms with Crippen molar-refractivity contribution in [3.8, 4) is 0 Å². The second-order valence-electron chi connectivity index (χ2n) is 7.49. The van der Waals surface area contributed by atoms with E-state index in [4.69, 9.17) is 0 Å². The highest BCUT2D eigenvalue weighted by Crippen LogP contribution is 2.41. The average molecular weight is 430 g/mol. The molecule has 142 valence electrons. The van der Waals surface area contributed by atoms with Gasteiger partial charge in [0, 0.05) is 42.8 Å². The summed E-state index contributed by atoms with van der Waals surface area (Å²) in [7, 11) is 1.89. The average Bonchev–Trinajstić information content (AvgIpc) is 3.26. The molecule has 1 aliphatic carbocycles. The summed E-state index contributed by atoms with van der Waals surface area (Å²) >= 11 is 3.54. The summed E-state index contributed by atoms with van der Waals surface area (Å²) in [5.74, 6) is 1.30. The summed E-state index contributed by atoms with van der Waals surface area (Å²) in [5.41, 5.74) is 2.54. The van der Waals surface area contributed by atoms with Crippen molar-refractivity contribution in [2.45, 2.75) is 37.8 Å². The number of carbonyl (C=O) groups excluding carboxylic acids is 1. The minimum atomic E-state index is 0.0160. The predicted molar refractivity (Wildman–Crippen MR) is 109 cm³/mol. The lowest BCUT2D eigenvalue weighted by Crippen LogP contribution is -2.45. The third-order valence-electron chi connectivity index (χ3n) is 5.62. The Hall–Kier alpha value is -2.15. The van der Waals surface area contributed by atoms with E-state index in [2.05, 4.69) is 61.5 Å². The van der Waals surface area contributed by atoms with Gasteiger partial charge in [-0.2, -0.15) is 5.10 Å². The van der Waals surface area contributed by atoms with Gasteiger partial charge < -0.3 is 15.1 Å². The van der Waals surface area contributed by atoms with Crippen molar-refractivity contribution in [1.82, 2.24) is 20.4 Å². The zero-order valence-electron chi connectivity index (χ0n) is 15.6. The van der Waals surface area contributed by atoms with Crippen LogP contribution in [0.5, 0.6) is 0 Å². The zero-order valence-corrected chi connectivity index (χ0v) is 17.2. The van der Waals surface area contributed by atoms with Crippen LogP contribution in [-0.2, 0) is 0 Å². The van der Waals surface area contributed by atoms with Gasteiger partial charge in [-0.05, 0) is 49.1 Å². The molecule has 4 rings (SSSR count). The molecule has 0 unspecified atom stereocenters. The molecule has 0 radical (unpaired) electrons. The summed E-state index contributed by atoms with van der Waals surface area (Å²) in [6, 6.07) is 10.7. The van der Waals surface area contributed by atoms with Crippen LogP contribution in [0.25, 0.3) is 0 Å². The van der Waals surface area contributed by atoms with Gasteiger partial charge in [0.15, 0.2) is 5.82 Å². The number of aromatic nitrogens is 2. The fourth-order valence-corrected chi connectivity index (χ4v) is 4.02. The number of nitrogens with one attached hydrogen (secondary N) is 1. The highest BCUT2D eigenvalue weighted by Gasteiger charge is 2.41. The van der Waals surface area contributed by atoms with E-state index in [0.717, 1.165) is 36.2 Å². The molecule has 1 aliphatic heterocycles. The molecule has 27 heavy (non-hydrogen) atoms. The standard InChI is InChI=1S/C20H24BrN5O/c1-13-10-14(5-6-17(13)21)16-11-18(16)23-20(27)25(2)15-7-9-26(12-15)19-4-3-8-22-24-19/h3-6,8,10,15-16,18H,7,9,11-12H2,1-2H3,(H,23,27)/t15-,16+,18-/m0/s1. The third-order valence-corrected chi connectivity index (χ3v) is 6.51. The normalized spacial score (nSPS) is 24.0. The van der Waals surface area contributed by atoms with Crippen LogP contribution in [0.15, 0.2) is 41.0 Å². The molecule has 2 heterocycles. The number of benzene rings is 1. The Labute approximate surface area is 168 Å². The lowest BCUT2D eigenvalue weighted by atomic mass is 10.1. The van der Waals surface area contributed by atoms with Crippen LogP contribution in [0, 0.1) is 6.92 Å². The van der Waals surface area contributed by atoms with Crippen LogP contribution in [0.2, 0.25) is 0 Å². The monoisotopic (exact) mass is 429 g/mol. The van der Waals surface area contributed by atoms with Gasteiger partial charge in [-0.1, -0.05) is 28.1 Å². The van der Waals surface area contributed by atoms with E-state index in [1.165, 1.54) is 11.1 Å². The maximum atomic E-state index is 12.7. The van der Waals surface area contributed by atoms with Crippen molar-refractivity contribution < 1.29 is 4.79 Å². The highest BCUT2D eigenvalue weighted by molar-refractivity contribution is 9.10. The number of halogens is 1. The summed E-state index contributed by atoms with van der Waals surface area (Å²) in [5, 5.41) is 11.3. The number of anilines is 1. The number of hydrogen-bond donors (Lipinski definition) is 1. The van der Waals surface area contributed by atoms with Crippen LogP contribution < -0.4 is 10.2 Å². The van der Waals surface area contributed by atoms with Gasteiger partial charge in [0.2, 0.25) is 0 Å². The van der Waals surface area contributed by atoms with Crippen molar-refractivity contribution >= 4 is 27.8 Å². The highest BCUT2D eigenvalue weighted by atomic mass is 79.9. The van der Waals surface area contributed by atoms with Crippen LogP contribution >= 0.6 is 15.9 Å². The smallest absolute Gasteiger partial charge is 0.317 e. The lowest BCUT2D eigenvalue weighted by molar-refractivity contribution is 0.193. The van der Waals surface area contributed by atoms with Crippen molar-refractivity contribution in [3.63, 3.8) is 0 Å². The summed E-state index contributed by atoms with van der Waals surface area (Å²) < 4.78 is 1.13. The second kappa shape index (κ2) is 7.46. The van der Waals surface area contributed by atoms with Crippen LogP contribution in [-0.4, -0.2) is 53.3 Å². The molecule has 1 saturated heterocycles. The maximum Gasteiger partial charge on any atom is 0.317 e.